The van der Waals surface area contributed by atoms with E-state index in [1.54, 1.807) is 13.0 Å². The van der Waals surface area contributed by atoms with Crippen molar-refractivity contribution in [3.05, 3.63) is 58.4 Å². The number of halogens is 2. The molecule has 1 aromatic carbocycles. The number of aromatic nitrogens is 2. The Morgan fingerprint density at radius 2 is 2.10 bits per heavy atom. The first-order chi connectivity index (χ1) is 14.9. The summed E-state index contributed by atoms with van der Waals surface area (Å²) in [4.78, 5) is 31.0. The van der Waals surface area contributed by atoms with Crippen molar-refractivity contribution in [2.75, 3.05) is 24.6 Å². The highest BCUT2D eigenvalue weighted by Gasteiger charge is 2.23. The van der Waals surface area contributed by atoms with Gasteiger partial charge < -0.3 is 19.5 Å². The van der Waals surface area contributed by atoms with Crippen LogP contribution in [0.25, 0.3) is 16.7 Å². The predicted octanol–water partition coefficient (Wildman–Crippen LogP) is 2.77. The van der Waals surface area contributed by atoms with Gasteiger partial charge in [0.25, 0.3) is 0 Å². The molecular weight excluding hydrogens is 412 g/mol. The van der Waals surface area contributed by atoms with Gasteiger partial charge in [-0.05, 0) is 37.6 Å². The molecule has 2 aromatic heterocycles. The molecule has 0 aliphatic carbocycles. The van der Waals surface area contributed by atoms with Gasteiger partial charge in [0.1, 0.15) is 17.5 Å². The molecular formula is C21H19F2N3O5. The fourth-order valence-electron chi connectivity index (χ4n) is 3.47. The second kappa shape index (κ2) is 8.31. The molecule has 3 heterocycles. The number of aliphatic hydroxyl groups is 1. The molecule has 0 spiro atoms. The average molecular weight is 431 g/mol. The molecule has 1 unspecified atom stereocenters. The summed E-state index contributed by atoms with van der Waals surface area (Å²) in [5.41, 5.74) is -0.640. The quantitative estimate of drug-likeness (QED) is 0.635. The van der Waals surface area contributed by atoms with Crippen molar-refractivity contribution < 1.29 is 28.2 Å². The van der Waals surface area contributed by atoms with Gasteiger partial charge in [0.15, 0.2) is 11.4 Å². The van der Waals surface area contributed by atoms with Gasteiger partial charge >= 0.3 is 6.16 Å². The lowest BCUT2D eigenvalue weighted by Gasteiger charge is -2.19. The summed E-state index contributed by atoms with van der Waals surface area (Å²) in [7, 11) is 0. The van der Waals surface area contributed by atoms with E-state index in [-0.39, 0.29) is 29.1 Å². The number of carbonyl (C=O) groups is 1. The van der Waals surface area contributed by atoms with E-state index in [0.29, 0.717) is 31.4 Å². The standard InChI is InChI=1S/C21H19F2N3O5/c1-2-30-21(29)31-17-11-26(16-5-3-12(22)9-15(16)23)20-14(19(17)28)4-6-18(24-20)25-8-7-13(27)10-25/h3-6,9,11,13,27H,2,7-8,10H2,1H3. The smallest absolute Gasteiger partial charge is 0.434 e. The third kappa shape index (κ3) is 4.06. The zero-order chi connectivity index (χ0) is 22.1. The third-order valence-corrected chi connectivity index (χ3v) is 4.92. The summed E-state index contributed by atoms with van der Waals surface area (Å²) >= 11 is 0. The lowest BCUT2D eigenvalue weighted by molar-refractivity contribution is 0.104. The Balaban J connectivity index is 1.92. The largest absolute Gasteiger partial charge is 0.514 e. The van der Waals surface area contributed by atoms with Gasteiger partial charge in [0, 0.05) is 19.2 Å². The molecule has 0 radical (unpaired) electrons. The maximum Gasteiger partial charge on any atom is 0.514 e. The van der Waals surface area contributed by atoms with Crippen LogP contribution in [0.15, 0.2) is 41.3 Å². The molecule has 4 rings (SSSR count). The maximum atomic E-state index is 14.6. The summed E-state index contributed by atoms with van der Waals surface area (Å²) in [5, 5.41) is 9.87. The first kappa shape index (κ1) is 20.7. The normalized spacial score (nSPS) is 16.0. The summed E-state index contributed by atoms with van der Waals surface area (Å²) in [5.74, 6) is -1.57. The summed E-state index contributed by atoms with van der Waals surface area (Å²) in [6.07, 6.45) is 0.120. The van der Waals surface area contributed by atoms with Crippen LogP contribution in [0.5, 0.6) is 5.75 Å². The minimum Gasteiger partial charge on any atom is -0.434 e. The number of benzene rings is 1. The van der Waals surface area contributed by atoms with Crippen molar-refractivity contribution >= 4 is 23.0 Å². The molecule has 1 fully saturated rings. The Bertz CT molecular complexity index is 1210. The molecule has 162 valence electrons. The van der Waals surface area contributed by atoms with Crippen LogP contribution in [0.3, 0.4) is 0 Å². The summed E-state index contributed by atoms with van der Waals surface area (Å²) in [6.45, 7) is 2.56. The van der Waals surface area contributed by atoms with Gasteiger partial charge in [-0.15, -0.1) is 0 Å². The van der Waals surface area contributed by atoms with Crippen molar-refractivity contribution in [3.8, 4) is 11.4 Å². The van der Waals surface area contributed by atoms with Gasteiger partial charge in [0.05, 0.1) is 30.0 Å². The van der Waals surface area contributed by atoms with E-state index in [1.807, 2.05) is 4.90 Å². The number of ether oxygens (including phenoxy) is 2. The SMILES string of the molecule is CCOC(=O)Oc1cn(-c2ccc(F)cc2F)c2nc(N3CCC(O)C3)ccc2c1=O. The van der Waals surface area contributed by atoms with E-state index in [2.05, 4.69) is 4.98 Å². The monoisotopic (exact) mass is 431 g/mol. The van der Waals surface area contributed by atoms with Gasteiger partial charge in [-0.3, -0.25) is 9.36 Å². The third-order valence-electron chi connectivity index (χ3n) is 4.92. The van der Waals surface area contributed by atoms with Gasteiger partial charge in [0.2, 0.25) is 5.43 Å². The number of nitrogens with zero attached hydrogens (tertiary/aromatic N) is 3. The second-order valence-corrected chi connectivity index (χ2v) is 7.00. The minimum absolute atomic E-state index is 0.0415. The molecule has 1 N–H and O–H groups in total. The lowest BCUT2D eigenvalue weighted by Crippen LogP contribution is -2.23. The summed E-state index contributed by atoms with van der Waals surface area (Å²) in [6, 6.07) is 6.04. The Morgan fingerprint density at radius 1 is 1.29 bits per heavy atom. The van der Waals surface area contributed by atoms with E-state index in [0.717, 1.165) is 12.3 Å². The number of hydrogen-bond donors (Lipinski definition) is 1. The van der Waals surface area contributed by atoms with Crippen LogP contribution in [-0.4, -0.2) is 46.6 Å². The molecule has 1 atom stereocenters. The van der Waals surface area contributed by atoms with Gasteiger partial charge in [-0.2, -0.15) is 0 Å². The van der Waals surface area contributed by atoms with E-state index >= 15 is 0 Å². The molecule has 0 bridgehead atoms. The first-order valence-corrected chi connectivity index (χ1v) is 9.67. The van der Waals surface area contributed by atoms with Crippen LogP contribution in [-0.2, 0) is 4.74 Å². The highest BCUT2D eigenvalue weighted by Crippen LogP contribution is 2.26. The second-order valence-electron chi connectivity index (χ2n) is 7.00. The molecule has 3 aromatic rings. The number of rotatable bonds is 4. The number of hydrogen-bond acceptors (Lipinski definition) is 7. The summed E-state index contributed by atoms with van der Waals surface area (Å²) < 4.78 is 39.0. The van der Waals surface area contributed by atoms with Crippen molar-refractivity contribution in [1.29, 1.82) is 0 Å². The molecule has 0 saturated carbocycles. The average Bonchev–Trinajstić information content (AvgIpc) is 3.17. The minimum atomic E-state index is -1.08. The fraction of sp³-hybridized carbons (Fsp3) is 0.286. The van der Waals surface area contributed by atoms with Crippen molar-refractivity contribution in [3.63, 3.8) is 0 Å². The zero-order valence-corrected chi connectivity index (χ0v) is 16.5. The number of carbonyl (C=O) groups excluding carboxylic acids is 1. The van der Waals surface area contributed by atoms with Crippen LogP contribution < -0.4 is 15.1 Å². The Labute approximate surface area is 175 Å². The van der Waals surface area contributed by atoms with Crippen molar-refractivity contribution in [2.24, 2.45) is 0 Å². The molecule has 8 nitrogen and oxygen atoms in total. The topological polar surface area (TPSA) is 93.9 Å². The van der Waals surface area contributed by atoms with Crippen molar-refractivity contribution in [1.82, 2.24) is 9.55 Å². The van der Waals surface area contributed by atoms with Crippen LogP contribution in [0.2, 0.25) is 0 Å². The number of pyridine rings is 2. The zero-order valence-electron chi connectivity index (χ0n) is 16.5. The number of aliphatic hydroxyl groups excluding tert-OH is 1. The molecule has 1 aliphatic heterocycles. The van der Waals surface area contributed by atoms with Crippen LogP contribution in [0, 0.1) is 11.6 Å². The Kier molecular flexibility index (Phi) is 5.55. The van der Waals surface area contributed by atoms with E-state index in [9.17, 15) is 23.5 Å². The lowest BCUT2D eigenvalue weighted by atomic mass is 10.2. The van der Waals surface area contributed by atoms with Crippen LogP contribution in [0.1, 0.15) is 13.3 Å². The number of fused-ring (bicyclic) bond motifs is 1. The Morgan fingerprint density at radius 3 is 2.77 bits per heavy atom. The van der Waals surface area contributed by atoms with Gasteiger partial charge in [-0.1, -0.05) is 0 Å². The molecule has 10 heteroatoms. The highest BCUT2D eigenvalue weighted by molar-refractivity contribution is 5.81. The van der Waals surface area contributed by atoms with Crippen LogP contribution >= 0.6 is 0 Å². The molecule has 0 amide bonds. The number of β-amino-alcohol motifs (C(OH)–C–C–N with tert-alkyl or cyclic N) is 1. The van der Waals surface area contributed by atoms with E-state index < -0.39 is 29.3 Å². The van der Waals surface area contributed by atoms with Gasteiger partial charge in [-0.25, -0.2) is 18.6 Å². The number of anilines is 1. The predicted molar refractivity (Wildman–Crippen MR) is 108 cm³/mol. The van der Waals surface area contributed by atoms with Crippen LogP contribution in [0.4, 0.5) is 19.4 Å². The molecule has 31 heavy (non-hydrogen) atoms. The maximum absolute atomic E-state index is 14.6. The first-order valence-electron chi connectivity index (χ1n) is 9.67. The molecule has 1 aliphatic rings. The van der Waals surface area contributed by atoms with Crippen molar-refractivity contribution in [2.45, 2.75) is 19.4 Å². The van der Waals surface area contributed by atoms with E-state index in [1.165, 1.54) is 16.7 Å². The fourth-order valence-corrected chi connectivity index (χ4v) is 3.47. The highest BCUT2D eigenvalue weighted by atomic mass is 19.1. The Hall–Kier alpha value is -3.53. The molecule has 1 saturated heterocycles. The van der Waals surface area contributed by atoms with E-state index in [4.69, 9.17) is 9.47 Å².